The van der Waals surface area contributed by atoms with E-state index in [9.17, 15) is 4.39 Å². The number of amidine groups is 1. The smallest absolute Gasteiger partial charge is 0.124 e. The molecule has 1 saturated heterocycles. The second kappa shape index (κ2) is 5.52. The van der Waals surface area contributed by atoms with Crippen LogP contribution in [0.4, 0.5) is 4.39 Å². The normalized spacial score (nSPS) is 20.3. The first-order valence-electron chi connectivity index (χ1n) is 7.12. The van der Waals surface area contributed by atoms with E-state index in [-0.39, 0.29) is 11.7 Å². The highest BCUT2D eigenvalue weighted by Gasteiger charge is 2.31. The largest absolute Gasteiger partial charge is 0.384 e. The predicted octanol–water partition coefficient (Wildman–Crippen LogP) is 2.98. The zero-order valence-electron chi connectivity index (χ0n) is 12.5. The van der Waals surface area contributed by atoms with Gasteiger partial charge in [-0.15, -0.1) is 0 Å². The summed E-state index contributed by atoms with van der Waals surface area (Å²) in [5.74, 6) is 0.280. The van der Waals surface area contributed by atoms with Gasteiger partial charge in [0.05, 0.1) is 0 Å². The molecule has 0 bridgehead atoms. The van der Waals surface area contributed by atoms with Crippen molar-refractivity contribution in [3.63, 3.8) is 0 Å². The van der Waals surface area contributed by atoms with Crippen molar-refractivity contribution in [2.75, 3.05) is 13.1 Å². The number of likely N-dealkylation sites (tertiary alicyclic amines) is 1. The molecule has 4 heteroatoms. The fraction of sp³-hybridized carbons (Fsp3) is 0.562. The van der Waals surface area contributed by atoms with Gasteiger partial charge in [-0.3, -0.25) is 10.3 Å². The maximum Gasteiger partial charge on any atom is 0.124 e. The van der Waals surface area contributed by atoms with Crippen LogP contribution >= 0.6 is 0 Å². The Morgan fingerprint density at radius 3 is 2.65 bits per heavy atom. The van der Waals surface area contributed by atoms with Crippen LogP contribution in [0.25, 0.3) is 0 Å². The number of nitrogens with zero attached hydrogens (tertiary/aromatic N) is 1. The number of hydrogen-bond acceptors (Lipinski definition) is 2. The van der Waals surface area contributed by atoms with Crippen LogP contribution in [0.1, 0.15) is 38.3 Å². The highest BCUT2D eigenvalue weighted by Crippen LogP contribution is 2.34. The monoisotopic (exact) mass is 277 g/mol. The van der Waals surface area contributed by atoms with Crippen LogP contribution in [0.5, 0.6) is 0 Å². The number of nitrogens with two attached hydrogens (primary N) is 1. The SMILES string of the molecule is CC(C)(C)C1CCN(Cc2cc(F)cc(C(=N)N)c2)C1. The van der Waals surface area contributed by atoms with Gasteiger partial charge in [0, 0.05) is 18.7 Å². The van der Waals surface area contributed by atoms with Gasteiger partial charge in [0.1, 0.15) is 11.7 Å². The summed E-state index contributed by atoms with van der Waals surface area (Å²) in [5.41, 5.74) is 7.12. The topological polar surface area (TPSA) is 53.1 Å². The van der Waals surface area contributed by atoms with Crippen molar-refractivity contribution in [2.45, 2.75) is 33.7 Å². The molecule has 0 amide bonds. The van der Waals surface area contributed by atoms with Gasteiger partial charge in [-0.1, -0.05) is 20.8 Å². The number of rotatable bonds is 3. The molecule has 1 aliphatic rings. The zero-order chi connectivity index (χ0) is 14.9. The highest BCUT2D eigenvalue weighted by molar-refractivity contribution is 5.95. The van der Waals surface area contributed by atoms with Crippen molar-refractivity contribution >= 4 is 5.84 Å². The summed E-state index contributed by atoms with van der Waals surface area (Å²) in [4.78, 5) is 2.36. The third-order valence-electron chi connectivity index (χ3n) is 4.17. The van der Waals surface area contributed by atoms with Crippen LogP contribution in [0.2, 0.25) is 0 Å². The molecule has 0 spiro atoms. The van der Waals surface area contributed by atoms with Gasteiger partial charge in [-0.25, -0.2) is 4.39 Å². The molecule has 1 heterocycles. The summed E-state index contributed by atoms with van der Waals surface area (Å²) < 4.78 is 13.6. The highest BCUT2D eigenvalue weighted by atomic mass is 19.1. The van der Waals surface area contributed by atoms with E-state index in [4.69, 9.17) is 11.1 Å². The van der Waals surface area contributed by atoms with E-state index in [1.165, 1.54) is 18.6 Å². The minimum atomic E-state index is -0.320. The molecule has 0 radical (unpaired) electrons. The molecule has 1 unspecified atom stereocenters. The third-order valence-corrected chi connectivity index (χ3v) is 4.17. The number of halogens is 1. The van der Waals surface area contributed by atoms with Gasteiger partial charge in [0.2, 0.25) is 0 Å². The number of nitrogens with one attached hydrogen (secondary N) is 1. The molecule has 20 heavy (non-hydrogen) atoms. The average Bonchev–Trinajstić information content (AvgIpc) is 2.76. The van der Waals surface area contributed by atoms with E-state index in [1.807, 2.05) is 6.07 Å². The first-order valence-corrected chi connectivity index (χ1v) is 7.12. The van der Waals surface area contributed by atoms with Gasteiger partial charge in [0.15, 0.2) is 0 Å². The Hall–Kier alpha value is -1.42. The molecule has 0 aromatic heterocycles. The number of benzene rings is 1. The first kappa shape index (κ1) is 15.0. The van der Waals surface area contributed by atoms with Crippen LogP contribution in [-0.2, 0) is 6.54 Å². The van der Waals surface area contributed by atoms with Crippen molar-refractivity contribution in [1.29, 1.82) is 5.41 Å². The van der Waals surface area contributed by atoms with Crippen molar-refractivity contribution in [3.05, 3.63) is 35.1 Å². The Kier molecular flexibility index (Phi) is 4.14. The molecular formula is C16H24FN3. The Morgan fingerprint density at radius 2 is 2.10 bits per heavy atom. The van der Waals surface area contributed by atoms with E-state index in [0.717, 1.165) is 25.2 Å². The number of nitrogen functional groups attached to an aromatic ring is 1. The molecule has 3 nitrogen and oxygen atoms in total. The second-order valence-corrected chi connectivity index (χ2v) is 6.85. The zero-order valence-corrected chi connectivity index (χ0v) is 12.5. The number of hydrogen-bond donors (Lipinski definition) is 2. The van der Waals surface area contributed by atoms with Crippen LogP contribution in [0.15, 0.2) is 18.2 Å². The fourth-order valence-electron chi connectivity index (χ4n) is 2.84. The second-order valence-electron chi connectivity index (χ2n) is 6.85. The molecule has 2 rings (SSSR count). The van der Waals surface area contributed by atoms with Gasteiger partial charge in [-0.05, 0) is 48.1 Å². The van der Waals surface area contributed by atoms with Gasteiger partial charge in [-0.2, -0.15) is 0 Å². The van der Waals surface area contributed by atoms with Gasteiger partial charge < -0.3 is 5.73 Å². The minimum Gasteiger partial charge on any atom is -0.384 e. The molecule has 110 valence electrons. The lowest BCUT2D eigenvalue weighted by Crippen LogP contribution is -2.26. The summed E-state index contributed by atoms with van der Waals surface area (Å²) in [6.45, 7) is 9.65. The molecule has 0 saturated carbocycles. The lowest BCUT2D eigenvalue weighted by atomic mass is 9.80. The third kappa shape index (κ3) is 3.57. The predicted molar refractivity (Wildman–Crippen MR) is 80.3 cm³/mol. The van der Waals surface area contributed by atoms with E-state index in [2.05, 4.69) is 25.7 Å². The van der Waals surface area contributed by atoms with Crippen LogP contribution < -0.4 is 5.73 Å². The standard InChI is InChI=1S/C16H24FN3/c1-16(2,3)13-4-5-20(10-13)9-11-6-12(15(18)19)8-14(17)7-11/h6-8,13H,4-5,9-10H2,1-3H3,(H3,18,19). The summed E-state index contributed by atoms with van der Waals surface area (Å²) in [5, 5.41) is 7.42. The van der Waals surface area contributed by atoms with E-state index in [1.54, 1.807) is 0 Å². The lowest BCUT2D eigenvalue weighted by molar-refractivity contribution is 0.226. The van der Waals surface area contributed by atoms with E-state index in [0.29, 0.717) is 16.9 Å². The van der Waals surface area contributed by atoms with E-state index >= 15 is 0 Å². The van der Waals surface area contributed by atoms with E-state index < -0.39 is 0 Å². The summed E-state index contributed by atoms with van der Waals surface area (Å²) in [7, 11) is 0. The molecule has 0 aliphatic carbocycles. The maximum absolute atomic E-state index is 13.6. The molecule has 3 N–H and O–H groups in total. The molecule has 1 aromatic rings. The lowest BCUT2D eigenvalue weighted by Gasteiger charge is -2.27. The van der Waals surface area contributed by atoms with Crippen molar-refractivity contribution < 1.29 is 4.39 Å². The average molecular weight is 277 g/mol. The first-order chi connectivity index (χ1) is 9.25. The van der Waals surface area contributed by atoms with Crippen molar-refractivity contribution in [1.82, 2.24) is 4.90 Å². The molecule has 1 aromatic carbocycles. The molecule has 1 atom stereocenters. The molecular weight excluding hydrogens is 253 g/mol. The maximum atomic E-state index is 13.6. The molecule has 1 fully saturated rings. The van der Waals surface area contributed by atoms with Crippen molar-refractivity contribution in [2.24, 2.45) is 17.1 Å². The Balaban J connectivity index is 2.06. The van der Waals surface area contributed by atoms with Crippen LogP contribution in [0, 0.1) is 22.6 Å². The minimum absolute atomic E-state index is 0.0836. The van der Waals surface area contributed by atoms with Gasteiger partial charge in [0.25, 0.3) is 0 Å². The van der Waals surface area contributed by atoms with Gasteiger partial charge >= 0.3 is 0 Å². The fourth-order valence-corrected chi connectivity index (χ4v) is 2.84. The summed E-state index contributed by atoms with van der Waals surface area (Å²) in [6, 6.07) is 4.67. The Morgan fingerprint density at radius 1 is 1.40 bits per heavy atom. The van der Waals surface area contributed by atoms with Crippen LogP contribution in [-0.4, -0.2) is 23.8 Å². The molecule has 1 aliphatic heterocycles. The summed E-state index contributed by atoms with van der Waals surface area (Å²) >= 11 is 0. The summed E-state index contributed by atoms with van der Waals surface area (Å²) in [6.07, 6.45) is 1.19. The van der Waals surface area contributed by atoms with Crippen LogP contribution in [0.3, 0.4) is 0 Å². The van der Waals surface area contributed by atoms with Crippen molar-refractivity contribution in [3.8, 4) is 0 Å². The Bertz CT molecular complexity index is 505. The quantitative estimate of drug-likeness (QED) is 0.659. The Labute approximate surface area is 120 Å².